The van der Waals surface area contributed by atoms with Gasteiger partial charge in [-0.1, -0.05) is 6.92 Å². The number of nitrogens with zero attached hydrogens (tertiary/aromatic N) is 3. The van der Waals surface area contributed by atoms with E-state index in [4.69, 9.17) is 0 Å². The van der Waals surface area contributed by atoms with Crippen LogP contribution < -0.4 is 0 Å². The molecule has 92 valence electrons. The van der Waals surface area contributed by atoms with Crippen LogP contribution >= 0.6 is 0 Å². The van der Waals surface area contributed by atoms with Gasteiger partial charge in [0.05, 0.1) is 17.6 Å². The smallest absolute Gasteiger partial charge is 0.0948 e. The lowest BCUT2D eigenvalue weighted by Crippen LogP contribution is -2.38. The molecule has 0 saturated heterocycles. The lowest BCUT2D eigenvalue weighted by molar-refractivity contribution is 0.0346. The second kappa shape index (κ2) is 5.46. The molecule has 0 spiro atoms. The summed E-state index contributed by atoms with van der Waals surface area (Å²) in [7, 11) is 0. The summed E-state index contributed by atoms with van der Waals surface area (Å²) in [4.78, 5) is 6.38. The first-order chi connectivity index (χ1) is 7.46. The number of hydrogen-bond donors (Lipinski definition) is 1. The molecule has 4 nitrogen and oxygen atoms in total. The fourth-order valence-corrected chi connectivity index (χ4v) is 1.82. The summed E-state index contributed by atoms with van der Waals surface area (Å²) in [6, 6.07) is 0. The zero-order valence-corrected chi connectivity index (χ0v) is 10.8. The van der Waals surface area contributed by atoms with Gasteiger partial charge in [-0.05, 0) is 27.3 Å². The van der Waals surface area contributed by atoms with Crippen molar-refractivity contribution in [3.63, 3.8) is 0 Å². The van der Waals surface area contributed by atoms with Crippen molar-refractivity contribution in [2.75, 3.05) is 13.1 Å². The SMILES string of the molecule is CCN(Cc1cncn1CC)CC(C)(C)O. The molecule has 0 aliphatic carbocycles. The van der Waals surface area contributed by atoms with E-state index in [9.17, 15) is 5.11 Å². The third-order valence-corrected chi connectivity index (χ3v) is 2.58. The molecule has 4 heteroatoms. The van der Waals surface area contributed by atoms with E-state index in [0.29, 0.717) is 6.54 Å². The lowest BCUT2D eigenvalue weighted by Gasteiger charge is -2.28. The molecule has 0 aliphatic heterocycles. The molecule has 0 amide bonds. The highest BCUT2D eigenvalue weighted by molar-refractivity contribution is 4.98. The van der Waals surface area contributed by atoms with E-state index < -0.39 is 5.60 Å². The highest BCUT2D eigenvalue weighted by atomic mass is 16.3. The van der Waals surface area contributed by atoms with Crippen LogP contribution in [-0.2, 0) is 13.1 Å². The van der Waals surface area contributed by atoms with Gasteiger partial charge in [0.25, 0.3) is 0 Å². The summed E-state index contributed by atoms with van der Waals surface area (Å²) >= 11 is 0. The maximum atomic E-state index is 9.81. The Hall–Kier alpha value is -0.870. The summed E-state index contributed by atoms with van der Waals surface area (Å²) < 4.78 is 2.13. The topological polar surface area (TPSA) is 41.3 Å². The third kappa shape index (κ3) is 3.94. The van der Waals surface area contributed by atoms with E-state index in [1.807, 2.05) is 26.4 Å². The number of aliphatic hydroxyl groups is 1. The summed E-state index contributed by atoms with van der Waals surface area (Å²) in [5.41, 5.74) is 0.557. The quantitative estimate of drug-likeness (QED) is 0.797. The minimum absolute atomic E-state index is 0.646. The highest BCUT2D eigenvalue weighted by Gasteiger charge is 2.18. The minimum Gasteiger partial charge on any atom is -0.389 e. The molecule has 16 heavy (non-hydrogen) atoms. The van der Waals surface area contributed by atoms with Crippen LogP contribution in [0.25, 0.3) is 0 Å². The molecule has 0 saturated carbocycles. The Morgan fingerprint density at radius 2 is 2.12 bits per heavy atom. The molecule has 0 aliphatic rings. The van der Waals surface area contributed by atoms with Gasteiger partial charge in [-0.3, -0.25) is 4.90 Å². The summed E-state index contributed by atoms with van der Waals surface area (Å²) in [5, 5.41) is 9.81. The normalized spacial score (nSPS) is 12.4. The minimum atomic E-state index is -0.646. The molecule has 0 bridgehead atoms. The van der Waals surface area contributed by atoms with Gasteiger partial charge >= 0.3 is 0 Å². The van der Waals surface area contributed by atoms with Crippen molar-refractivity contribution in [2.45, 2.75) is 46.4 Å². The van der Waals surface area contributed by atoms with Gasteiger partial charge in [0.1, 0.15) is 0 Å². The van der Waals surface area contributed by atoms with Crippen molar-refractivity contribution in [1.29, 1.82) is 0 Å². The Balaban J connectivity index is 2.63. The molecule has 1 heterocycles. The van der Waals surface area contributed by atoms with Crippen molar-refractivity contribution < 1.29 is 5.11 Å². The third-order valence-electron chi connectivity index (χ3n) is 2.58. The molecule has 0 radical (unpaired) electrons. The van der Waals surface area contributed by atoms with Gasteiger partial charge in [-0.15, -0.1) is 0 Å². The van der Waals surface area contributed by atoms with Gasteiger partial charge in [0.2, 0.25) is 0 Å². The maximum absolute atomic E-state index is 9.81. The van der Waals surface area contributed by atoms with Crippen LogP contribution in [0.4, 0.5) is 0 Å². The molecular weight excluding hydrogens is 202 g/mol. The number of aromatic nitrogens is 2. The van der Waals surface area contributed by atoms with Crippen LogP contribution in [0.15, 0.2) is 12.5 Å². The number of aryl methyl sites for hydroxylation is 1. The molecule has 0 fully saturated rings. The van der Waals surface area contributed by atoms with Gasteiger partial charge in [-0.25, -0.2) is 4.98 Å². The van der Waals surface area contributed by atoms with Crippen LogP contribution in [0.2, 0.25) is 0 Å². The van der Waals surface area contributed by atoms with Crippen molar-refractivity contribution >= 4 is 0 Å². The Bertz CT molecular complexity index is 314. The average Bonchev–Trinajstić information content (AvgIpc) is 2.62. The molecule has 1 rings (SSSR count). The predicted molar refractivity (Wildman–Crippen MR) is 65.1 cm³/mol. The number of rotatable bonds is 6. The van der Waals surface area contributed by atoms with Gasteiger partial charge in [-0.2, -0.15) is 0 Å². The molecule has 0 atom stereocenters. The number of imidazole rings is 1. The standard InChI is InChI=1S/C12H23N3O/c1-5-14(9-12(3,4)16)8-11-7-13-10-15(11)6-2/h7,10,16H,5-6,8-9H2,1-4H3. The zero-order chi connectivity index (χ0) is 12.2. The van der Waals surface area contributed by atoms with Crippen molar-refractivity contribution in [2.24, 2.45) is 0 Å². The fourth-order valence-electron chi connectivity index (χ4n) is 1.82. The molecule has 1 aromatic rings. The Morgan fingerprint density at radius 1 is 1.44 bits per heavy atom. The summed E-state index contributed by atoms with van der Waals surface area (Å²) in [5.74, 6) is 0. The van der Waals surface area contributed by atoms with E-state index in [2.05, 4.69) is 28.3 Å². The molecule has 0 unspecified atom stereocenters. The molecular formula is C12H23N3O. The number of likely N-dealkylation sites (N-methyl/N-ethyl adjacent to an activating group) is 1. The summed E-state index contributed by atoms with van der Waals surface area (Å²) in [6.45, 7) is 11.3. The molecule has 1 N–H and O–H groups in total. The van der Waals surface area contributed by atoms with Crippen molar-refractivity contribution in [3.8, 4) is 0 Å². The highest BCUT2D eigenvalue weighted by Crippen LogP contribution is 2.09. The number of hydrogen-bond acceptors (Lipinski definition) is 3. The maximum Gasteiger partial charge on any atom is 0.0948 e. The first-order valence-corrected chi connectivity index (χ1v) is 5.90. The average molecular weight is 225 g/mol. The van der Waals surface area contributed by atoms with E-state index in [0.717, 1.165) is 19.6 Å². The van der Waals surface area contributed by atoms with Crippen LogP contribution in [0, 0.1) is 0 Å². The second-order valence-corrected chi connectivity index (χ2v) is 4.79. The van der Waals surface area contributed by atoms with E-state index in [1.165, 1.54) is 5.69 Å². The lowest BCUT2D eigenvalue weighted by atomic mass is 10.1. The van der Waals surface area contributed by atoms with Crippen molar-refractivity contribution in [3.05, 3.63) is 18.2 Å². The summed E-state index contributed by atoms with van der Waals surface area (Å²) in [6.07, 6.45) is 3.75. The Kier molecular flexibility index (Phi) is 4.50. The van der Waals surface area contributed by atoms with E-state index in [-0.39, 0.29) is 0 Å². The first-order valence-electron chi connectivity index (χ1n) is 5.90. The monoisotopic (exact) mass is 225 g/mol. The predicted octanol–water partition coefficient (Wildman–Crippen LogP) is 1.50. The van der Waals surface area contributed by atoms with E-state index >= 15 is 0 Å². The van der Waals surface area contributed by atoms with Gasteiger partial charge in [0.15, 0.2) is 0 Å². The fraction of sp³-hybridized carbons (Fsp3) is 0.750. The molecule has 0 aromatic carbocycles. The van der Waals surface area contributed by atoms with Crippen LogP contribution in [0.5, 0.6) is 0 Å². The van der Waals surface area contributed by atoms with Crippen molar-refractivity contribution in [1.82, 2.24) is 14.5 Å². The largest absolute Gasteiger partial charge is 0.389 e. The molecule has 1 aromatic heterocycles. The first kappa shape index (κ1) is 13.2. The zero-order valence-electron chi connectivity index (χ0n) is 10.8. The second-order valence-electron chi connectivity index (χ2n) is 4.79. The Labute approximate surface area is 97.9 Å². The van der Waals surface area contributed by atoms with Crippen LogP contribution in [-0.4, -0.2) is 38.2 Å². The van der Waals surface area contributed by atoms with E-state index in [1.54, 1.807) is 0 Å². The van der Waals surface area contributed by atoms with Gasteiger partial charge < -0.3 is 9.67 Å². The van der Waals surface area contributed by atoms with Crippen LogP contribution in [0.1, 0.15) is 33.4 Å². The van der Waals surface area contributed by atoms with Crippen LogP contribution in [0.3, 0.4) is 0 Å². The Morgan fingerprint density at radius 3 is 2.62 bits per heavy atom. The van der Waals surface area contributed by atoms with Gasteiger partial charge in [0, 0.05) is 25.8 Å².